The third kappa shape index (κ3) is 3.25. The monoisotopic (exact) mass is 210 g/mol. The zero-order valence-corrected chi connectivity index (χ0v) is 8.51. The van der Waals surface area contributed by atoms with Gasteiger partial charge in [0.2, 0.25) is 0 Å². The number of ether oxygens (including phenoxy) is 1. The van der Waals surface area contributed by atoms with Crippen LogP contribution in [-0.2, 0) is 16.0 Å². The molecule has 0 heterocycles. The zero-order chi connectivity index (χ0) is 11.3. The molecular weight excluding hydrogens is 196 g/mol. The van der Waals surface area contributed by atoms with Gasteiger partial charge in [0.25, 0.3) is 0 Å². The maximum absolute atomic E-state index is 11.1. The molecular formula is C11H14O4. The van der Waals surface area contributed by atoms with Gasteiger partial charge in [0.15, 0.2) is 6.10 Å². The van der Waals surface area contributed by atoms with Crippen molar-refractivity contribution in [2.45, 2.75) is 19.4 Å². The summed E-state index contributed by atoms with van der Waals surface area (Å²) in [4.78, 5) is 11.1. The van der Waals surface area contributed by atoms with Gasteiger partial charge < -0.3 is 14.9 Å². The fraction of sp³-hybridized carbons (Fsp3) is 0.364. The standard InChI is InChI=1S/C11H14O4/c1-2-15-11(14)10(13)7-8-5-3-4-6-9(8)12/h3-6,10,12-13H,2,7H2,1H3/t10-/m0/s1. The first-order chi connectivity index (χ1) is 7.15. The van der Waals surface area contributed by atoms with Gasteiger partial charge >= 0.3 is 5.97 Å². The number of aliphatic hydroxyl groups excluding tert-OH is 1. The molecule has 0 amide bonds. The molecule has 2 N–H and O–H groups in total. The quantitative estimate of drug-likeness (QED) is 0.723. The summed E-state index contributed by atoms with van der Waals surface area (Å²) in [5.41, 5.74) is 0.526. The minimum absolute atomic E-state index is 0.0610. The Balaban J connectivity index is 2.62. The van der Waals surface area contributed by atoms with E-state index in [1.165, 1.54) is 6.07 Å². The Labute approximate surface area is 88.1 Å². The van der Waals surface area contributed by atoms with E-state index in [1.807, 2.05) is 0 Å². The molecule has 0 bridgehead atoms. The van der Waals surface area contributed by atoms with Gasteiger partial charge in [0.1, 0.15) is 5.75 Å². The van der Waals surface area contributed by atoms with E-state index in [9.17, 15) is 15.0 Å². The van der Waals surface area contributed by atoms with Crippen LogP contribution < -0.4 is 0 Å². The maximum Gasteiger partial charge on any atom is 0.335 e. The van der Waals surface area contributed by atoms with Crippen LogP contribution in [-0.4, -0.2) is 28.9 Å². The van der Waals surface area contributed by atoms with Crippen LogP contribution in [0.3, 0.4) is 0 Å². The van der Waals surface area contributed by atoms with Crippen molar-refractivity contribution in [3.05, 3.63) is 29.8 Å². The lowest BCUT2D eigenvalue weighted by Crippen LogP contribution is -2.25. The number of carbonyl (C=O) groups excluding carboxylic acids is 1. The molecule has 82 valence electrons. The van der Waals surface area contributed by atoms with Crippen molar-refractivity contribution in [3.8, 4) is 5.75 Å². The number of para-hydroxylation sites is 1. The van der Waals surface area contributed by atoms with Crippen molar-refractivity contribution in [3.63, 3.8) is 0 Å². The maximum atomic E-state index is 11.1. The summed E-state index contributed by atoms with van der Waals surface area (Å²) in [6.45, 7) is 1.90. The van der Waals surface area contributed by atoms with Crippen molar-refractivity contribution < 1.29 is 19.7 Å². The number of hydrogen-bond donors (Lipinski definition) is 2. The number of hydrogen-bond acceptors (Lipinski definition) is 4. The second kappa shape index (κ2) is 5.36. The smallest absolute Gasteiger partial charge is 0.335 e. The first kappa shape index (κ1) is 11.5. The summed E-state index contributed by atoms with van der Waals surface area (Å²) in [5, 5.41) is 18.8. The number of aromatic hydroxyl groups is 1. The second-order valence-corrected chi connectivity index (χ2v) is 3.10. The van der Waals surface area contributed by atoms with Crippen LogP contribution >= 0.6 is 0 Å². The van der Waals surface area contributed by atoms with Crippen molar-refractivity contribution >= 4 is 5.97 Å². The summed E-state index contributed by atoms with van der Waals surface area (Å²) in [7, 11) is 0. The molecule has 0 fully saturated rings. The predicted molar refractivity (Wildman–Crippen MR) is 54.5 cm³/mol. The number of benzene rings is 1. The highest BCUT2D eigenvalue weighted by atomic mass is 16.5. The molecule has 1 atom stereocenters. The summed E-state index contributed by atoms with van der Waals surface area (Å²) in [6, 6.07) is 6.56. The number of aliphatic hydroxyl groups is 1. The van der Waals surface area contributed by atoms with Crippen LogP contribution in [0.25, 0.3) is 0 Å². The third-order valence-corrected chi connectivity index (χ3v) is 1.96. The average molecular weight is 210 g/mol. The molecule has 0 radical (unpaired) electrons. The van der Waals surface area contributed by atoms with E-state index in [0.717, 1.165) is 0 Å². The second-order valence-electron chi connectivity index (χ2n) is 3.10. The predicted octanol–water partition coefficient (Wildman–Crippen LogP) is 0.859. The summed E-state index contributed by atoms with van der Waals surface area (Å²) >= 11 is 0. The Kier molecular flexibility index (Phi) is 4.12. The van der Waals surface area contributed by atoms with E-state index in [0.29, 0.717) is 5.56 Å². The van der Waals surface area contributed by atoms with Crippen molar-refractivity contribution in [2.75, 3.05) is 6.61 Å². The molecule has 1 aromatic rings. The fourth-order valence-electron chi connectivity index (χ4n) is 1.21. The molecule has 15 heavy (non-hydrogen) atoms. The molecule has 0 aromatic heterocycles. The van der Waals surface area contributed by atoms with Gasteiger partial charge in [-0.25, -0.2) is 4.79 Å². The first-order valence-corrected chi connectivity index (χ1v) is 4.76. The zero-order valence-electron chi connectivity index (χ0n) is 8.51. The lowest BCUT2D eigenvalue weighted by atomic mass is 10.1. The van der Waals surface area contributed by atoms with Crippen LogP contribution in [0.5, 0.6) is 5.75 Å². The molecule has 0 saturated carbocycles. The van der Waals surface area contributed by atoms with Gasteiger partial charge in [-0.05, 0) is 18.6 Å². The summed E-state index contributed by atoms with van der Waals surface area (Å²) in [6.07, 6.45) is -1.16. The van der Waals surface area contributed by atoms with E-state index in [1.54, 1.807) is 25.1 Å². The van der Waals surface area contributed by atoms with Crippen LogP contribution in [0, 0.1) is 0 Å². The molecule has 0 aliphatic carbocycles. The van der Waals surface area contributed by atoms with E-state index < -0.39 is 12.1 Å². The minimum atomic E-state index is -1.22. The summed E-state index contributed by atoms with van der Waals surface area (Å²) < 4.78 is 4.65. The Hall–Kier alpha value is -1.55. The van der Waals surface area contributed by atoms with E-state index in [-0.39, 0.29) is 18.8 Å². The lowest BCUT2D eigenvalue weighted by Gasteiger charge is -2.10. The van der Waals surface area contributed by atoms with E-state index in [4.69, 9.17) is 0 Å². The highest BCUT2D eigenvalue weighted by molar-refractivity contribution is 5.74. The molecule has 1 rings (SSSR count). The van der Waals surface area contributed by atoms with Crippen LogP contribution in [0.2, 0.25) is 0 Å². The normalized spacial score (nSPS) is 12.1. The van der Waals surface area contributed by atoms with Gasteiger partial charge in [0.05, 0.1) is 6.61 Å². The topological polar surface area (TPSA) is 66.8 Å². The molecule has 0 aliphatic heterocycles. The van der Waals surface area contributed by atoms with Gasteiger partial charge in [-0.2, -0.15) is 0 Å². The minimum Gasteiger partial charge on any atom is -0.508 e. The third-order valence-electron chi connectivity index (χ3n) is 1.96. The largest absolute Gasteiger partial charge is 0.508 e. The highest BCUT2D eigenvalue weighted by Gasteiger charge is 2.17. The molecule has 4 heteroatoms. The van der Waals surface area contributed by atoms with Gasteiger partial charge in [0, 0.05) is 6.42 Å². The number of esters is 1. The number of rotatable bonds is 4. The van der Waals surface area contributed by atoms with Gasteiger partial charge in [-0.15, -0.1) is 0 Å². The van der Waals surface area contributed by atoms with Crippen LogP contribution in [0.15, 0.2) is 24.3 Å². The van der Waals surface area contributed by atoms with Crippen molar-refractivity contribution in [1.82, 2.24) is 0 Å². The number of phenols is 1. The Morgan fingerprint density at radius 1 is 1.47 bits per heavy atom. The number of carbonyl (C=O) groups is 1. The highest BCUT2D eigenvalue weighted by Crippen LogP contribution is 2.17. The first-order valence-electron chi connectivity index (χ1n) is 4.76. The van der Waals surface area contributed by atoms with Crippen molar-refractivity contribution in [2.24, 2.45) is 0 Å². The Morgan fingerprint density at radius 2 is 2.13 bits per heavy atom. The molecule has 1 aromatic carbocycles. The lowest BCUT2D eigenvalue weighted by molar-refractivity contribution is -0.152. The fourth-order valence-corrected chi connectivity index (χ4v) is 1.21. The molecule has 0 spiro atoms. The Bertz CT molecular complexity index is 335. The van der Waals surface area contributed by atoms with E-state index in [2.05, 4.69) is 4.74 Å². The average Bonchev–Trinajstić information content (AvgIpc) is 2.21. The van der Waals surface area contributed by atoms with E-state index >= 15 is 0 Å². The van der Waals surface area contributed by atoms with Gasteiger partial charge in [-0.3, -0.25) is 0 Å². The SMILES string of the molecule is CCOC(=O)[C@@H](O)Cc1ccccc1O. The Morgan fingerprint density at radius 3 is 2.73 bits per heavy atom. The molecule has 0 aliphatic rings. The molecule has 4 nitrogen and oxygen atoms in total. The van der Waals surface area contributed by atoms with Crippen LogP contribution in [0.4, 0.5) is 0 Å². The summed E-state index contributed by atoms with van der Waals surface area (Å²) in [5.74, 6) is -0.596. The van der Waals surface area contributed by atoms with Crippen molar-refractivity contribution in [1.29, 1.82) is 0 Å². The number of phenolic OH excluding ortho intramolecular Hbond substituents is 1. The molecule has 0 unspecified atom stereocenters. The van der Waals surface area contributed by atoms with Gasteiger partial charge in [-0.1, -0.05) is 18.2 Å². The molecule has 0 saturated heterocycles. The van der Waals surface area contributed by atoms with Crippen LogP contribution in [0.1, 0.15) is 12.5 Å².